The van der Waals surface area contributed by atoms with Crippen LogP contribution in [0.15, 0.2) is 78.3 Å². The third kappa shape index (κ3) is 6.12. The molecule has 35 heavy (non-hydrogen) atoms. The summed E-state index contributed by atoms with van der Waals surface area (Å²) in [7, 11) is -4.09. The molecule has 0 saturated carbocycles. The number of para-hydroxylation sites is 3. The first kappa shape index (κ1) is 27.3. The quantitative estimate of drug-likeness (QED) is 0.232. The molecule has 0 bridgehead atoms. The number of amides is 1. The van der Waals surface area contributed by atoms with Gasteiger partial charge < -0.3 is 19.6 Å². The van der Waals surface area contributed by atoms with Crippen molar-refractivity contribution in [1.82, 2.24) is 4.90 Å². The van der Waals surface area contributed by atoms with Crippen LogP contribution >= 0.6 is 12.2 Å². The van der Waals surface area contributed by atoms with Crippen LogP contribution in [0.3, 0.4) is 0 Å². The van der Waals surface area contributed by atoms with Gasteiger partial charge in [-0.1, -0.05) is 30.3 Å². The van der Waals surface area contributed by atoms with Crippen molar-refractivity contribution in [3.63, 3.8) is 0 Å². The van der Waals surface area contributed by atoms with Gasteiger partial charge in [-0.3, -0.25) is 14.2 Å². The predicted octanol–water partition coefficient (Wildman–Crippen LogP) is 2.13. The third-order valence-electron chi connectivity index (χ3n) is 5.28. The molecule has 0 spiro atoms. The van der Waals surface area contributed by atoms with E-state index in [9.17, 15) is 18.3 Å². The number of allylic oxidation sites excluding steroid dienone is 2. The molecule has 0 atom stereocenters. The first-order valence-electron chi connectivity index (χ1n) is 10.5. The molecule has 9 nitrogen and oxygen atoms in total. The molecule has 0 aromatic heterocycles. The van der Waals surface area contributed by atoms with Gasteiger partial charge >= 0.3 is 0 Å². The summed E-state index contributed by atoms with van der Waals surface area (Å²) in [6, 6.07) is 16.3. The first-order valence-corrected chi connectivity index (χ1v) is 12.6. The molecule has 2 N–H and O–H groups in total. The molecule has 1 radical (unpaired) electrons. The zero-order valence-electron chi connectivity index (χ0n) is 19.1. The van der Waals surface area contributed by atoms with E-state index in [4.69, 9.17) is 21.5 Å². The summed E-state index contributed by atoms with van der Waals surface area (Å²) >= 11 is 5.52. The van der Waals surface area contributed by atoms with Gasteiger partial charge in [0.25, 0.3) is 16.0 Å². The van der Waals surface area contributed by atoms with Crippen LogP contribution in [-0.2, 0) is 14.9 Å². The second kappa shape index (κ2) is 11.7. The van der Waals surface area contributed by atoms with Crippen molar-refractivity contribution >= 4 is 74.3 Å². The molecule has 1 amide bonds. The topological polar surface area (TPSA) is 111 Å². The number of hydrogen-bond donors (Lipinski definition) is 2. The van der Waals surface area contributed by atoms with Crippen LogP contribution in [0.4, 0.5) is 11.4 Å². The average Bonchev–Trinajstić information content (AvgIpc) is 3.27. The number of aliphatic hydroxyl groups is 1. The largest absolute Gasteiger partial charge is 0.439 e. The number of carbonyl (C=O) groups excluding carboxylic acids is 1. The van der Waals surface area contributed by atoms with Gasteiger partial charge in [-0.2, -0.15) is 8.42 Å². The minimum absolute atomic E-state index is 0. The number of hydrogen-bond acceptors (Lipinski definition) is 7. The Hall–Kier alpha value is -2.25. The second-order valence-electron chi connectivity index (χ2n) is 7.55. The van der Waals surface area contributed by atoms with Crippen molar-refractivity contribution in [1.29, 1.82) is 0 Å². The fraction of sp³-hybridized carbons (Fsp3) is 0.217. The Morgan fingerprint density at radius 3 is 2.34 bits per heavy atom. The Morgan fingerprint density at radius 2 is 1.66 bits per heavy atom. The summed E-state index contributed by atoms with van der Waals surface area (Å²) in [4.78, 5) is 18.0. The number of benzene rings is 2. The monoisotopic (exact) mass is 524 g/mol. The van der Waals surface area contributed by atoms with Crippen molar-refractivity contribution in [2.75, 3.05) is 35.2 Å². The summed E-state index contributed by atoms with van der Waals surface area (Å²) in [5.41, 5.74) is 1.63. The Labute approximate surface area is 231 Å². The van der Waals surface area contributed by atoms with E-state index >= 15 is 0 Å². The molecule has 2 aliphatic heterocycles. The Balaban J connectivity index is 0.00000342. The number of thiocarbonyl (C=S) groups is 1. The minimum atomic E-state index is -4.09. The molecule has 2 aromatic rings. The summed E-state index contributed by atoms with van der Waals surface area (Å²) in [5, 5.41) is 9.79. The van der Waals surface area contributed by atoms with Gasteiger partial charge in [-0.05, 0) is 49.0 Å². The van der Waals surface area contributed by atoms with Crippen molar-refractivity contribution in [2.24, 2.45) is 0 Å². The van der Waals surface area contributed by atoms with E-state index in [1.807, 2.05) is 24.3 Å². The number of carbonyl (C=O) groups is 1. The second-order valence-corrected chi connectivity index (χ2v) is 9.49. The Morgan fingerprint density at radius 1 is 0.971 bits per heavy atom. The van der Waals surface area contributed by atoms with Gasteiger partial charge in [-0.15, -0.1) is 0 Å². The smallest absolute Gasteiger partial charge is 0.281 e. The molecule has 12 heteroatoms. The number of anilines is 2. The Bertz CT molecular complexity index is 1270. The number of β-amino-alcohol motifs (C(OH)–C–C–N with tert-alkyl or cyclic N) is 1. The van der Waals surface area contributed by atoms with E-state index in [1.165, 1.54) is 4.90 Å². The van der Waals surface area contributed by atoms with Gasteiger partial charge in [0.15, 0.2) is 10.9 Å². The molecule has 0 unspecified atom stereocenters. The standard InChI is InChI=1S/C23H23N3O6S2.Na/c27-15-14-25-19(22(28)26(23(25)33)17-7-2-1-3-8-17)11-12-21-24(13-6-16-34(29,30)31)18-9-4-5-10-20(18)32-21;/h1-5,7-12,27H,6,13-16H2,(H,29,30,31);. The minimum Gasteiger partial charge on any atom is -0.439 e. The van der Waals surface area contributed by atoms with E-state index in [0.717, 1.165) is 5.69 Å². The maximum absolute atomic E-state index is 13.3. The molecular weight excluding hydrogens is 501 g/mol. The van der Waals surface area contributed by atoms with E-state index in [1.54, 1.807) is 52.3 Å². The molecule has 0 aliphatic carbocycles. The molecule has 179 valence electrons. The summed E-state index contributed by atoms with van der Waals surface area (Å²) in [6.07, 6.45) is 3.36. The molecule has 2 aliphatic rings. The zero-order chi connectivity index (χ0) is 24.3. The van der Waals surface area contributed by atoms with Crippen LogP contribution < -0.4 is 14.5 Å². The van der Waals surface area contributed by atoms with Crippen molar-refractivity contribution < 1.29 is 27.6 Å². The maximum atomic E-state index is 13.3. The number of aliphatic hydroxyl groups excluding tert-OH is 1. The first-order chi connectivity index (χ1) is 16.3. The van der Waals surface area contributed by atoms with Crippen LogP contribution in [0, 0.1) is 0 Å². The maximum Gasteiger partial charge on any atom is 0.281 e. The van der Waals surface area contributed by atoms with Crippen molar-refractivity contribution in [3.05, 3.63) is 78.3 Å². The summed E-state index contributed by atoms with van der Waals surface area (Å²) in [5.74, 6) is 0.258. The number of nitrogens with zero attached hydrogens (tertiary/aromatic N) is 3. The molecule has 2 aromatic carbocycles. The zero-order valence-corrected chi connectivity index (χ0v) is 22.7. The van der Waals surface area contributed by atoms with E-state index in [2.05, 4.69) is 0 Å². The molecular formula is C23H23N3NaO6S2. The van der Waals surface area contributed by atoms with Gasteiger partial charge in [0.2, 0.25) is 5.88 Å². The normalized spacial score (nSPS) is 17.7. The third-order valence-corrected chi connectivity index (χ3v) is 6.49. The van der Waals surface area contributed by atoms with Crippen LogP contribution in [0.2, 0.25) is 0 Å². The number of fused-ring (bicyclic) bond motifs is 1. The number of ether oxygens (including phenoxy) is 1. The fourth-order valence-electron chi connectivity index (χ4n) is 3.79. The summed E-state index contributed by atoms with van der Waals surface area (Å²) in [6.45, 7) is 0.213. The van der Waals surface area contributed by atoms with Gasteiger partial charge in [-0.25, -0.2) is 0 Å². The van der Waals surface area contributed by atoms with Gasteiger partial charge in [0.05, 0.1) is 23.7 Å². The average molecular weight is 525 g/mol. The van der Waals surface area contributed by atoms with Crippen LogP contribution in [0.1, 0.15) is 6.42 Å². The van der Waals surface area contributed by atoms with E-state index in [-0.39, 0.29) is 78.1 Å². The summed E-state index contributed by atoms with van der Waals surface area (Å²) < 4.78 is 37.3. The SMILES string of the molecule is O=C1C(=CC=C2Oc3ccccc3N2CCCS(=O)(=O)O)N(CCO)C(=S)N1c1ccccc1.[Na]. The van der Waals surface area contributed by atoms with Gasteiger partial charge in [0.1, 0.15) is 5.70 Å². The fourth-order valence-corrected chi connectivity index (χ4v) is 4.66. The molecule has 4 rings (SSSR count). The van der Waals surface area contributed by atoms with Gasteiger partial charge in [0, 0.05) is 48.7 Å². The van der Waals surface area contributed by atoms with Crippen molar-refractivity contribution in [2.45, 2.75) is 6.42 Å². The van der Waals surface area contributed by atoms with Crippen molar-refractivity contribution in [3.8, 4) is 5.75 Å². The van der Waals surface area contributed by atoms with Crippen LogP contribution in [0.25, 0.3) is 0 Å². The van der Waals surface area contributed by atoms with E-state index < -0.39 is 10.1 Å². The molecule has 1 fully saturated rings. The molecule has 2 heterocycles. The predicted molar refractivity (Wildman–Crippen MR) is 138 cm³/mol. The molecule has 1 saturated heterocycles. The van der Waals surface area contributed by atoms with Crippen LogP contribution in [-0.4, -0.2) is 89.0 Å². The van der Waals surface area contributed by atoms with Crippen LogP contribution in [0.5, 0.6) is 5.75 Å². The van der Waals surface area contributed by atoms with E-state index in [0.29, 0.717) is 17.3 Å². The Kier molecular flexibility index (Phi) is 9.11. The number of rotatable bonds is 8.